The molecule has 2 heterocycles. The molecule has 0 unspecified atom stereocenters. The van der Waals surface area contributed by atoms with Crippen molar-refractivity contribution in [1.29, 1.82) is 0 Å². The van der Waals surface area contributed by atoms with Crippen LogP contribution in [-0.4, -0.2) is 40.0 Å². The molecule has 0 amide bonds. The molecule has 0 radical (unpaired) electrons. The quantitative estimate of drug-likeness (QED) is 0.842. The van der Waals surface area contributed by atoms with E-state index in [-0.39, 0.29) is 0 Å². The fourth-order valence-electron chi connectivity index (χ4n) is 5.14. The van der Waals surface area contributed by atoms with Crippen LogP contribution in [0.4, 0.5) is 5.82 Å². The minimum absolute atomic E-state index is 0.520. The van der Waals surface area contributed by atoms with Gasteiger partial charge in [-0.05, 0) is 87.6 Å². The molecule has 0 atom stereocenters. The van der Waals surface area contributed by atoms with Gasteiger partial charge in [-0.15, -0.1) is 0 Å². The van der Waals surface area contributed by atoms with Crippen molar-refractivity contribution in [2.75, 3.05) is 18.4 Å². The lowest BCUT2D eigenvalue weighted by atomic mass is 9.86. The van der Waals surface area contributed by atoms with Crippen molar-refractivity contribution < 1.29 is 0 Å². The van der Waals surface area contributed by atoms with E-state index >= 15 is 0 Å². The highest BCUT2D eigenvalue weighted by Gasteiger charge is 2.45. The average molecular weight is 363 g/mol. The lowest BCUT2D eigenvalue weighted by Gasteiger charge is -2.41. The Hall–Kier alpha value is -1.94. The summed E-state index contributed by atoms with van der Waals surface area (Å²) in [6, 6.07) is 7.57. The second-order valence-corrected chi connectivity index (χ2v) is 8.89. The predicted octanol–water partition coefficient (Wildman–Crippen LogP) is 4.87. The van der Waals surface area contributed by atoms with Crippen LogP contribution in [0.2, 0.25) is 0 Å². The lowest BCUT2D eigenvalue weighted by Crippen LogP contribution is -2.45. The molecule has 0 bridgehead atoms. The van der Waals surface area contributed by atoms with Crippen LogP contribution >= 0.6 is 0 Å². The Labute approximate surface area is 162 Å². The van der Waals surface area contributed by atoms with Crippen LogP contribution in [-0.2, 0) is 0 Å². The molecule has 4 heteroatoms. The van der Waals surface area contributed by atoms with Gasteiger partial charge in [0.1, 0.15) is 12.1 Å². The van der Waals surface area contributed by atoms with Gasteiger partial charge in [0.05, 0.1) is 5.52 Å². The number of rotatable bonds is 4. The molecule has 2 saturated carbocycles. The average Bonchev–Trinajstić information content (AvgIpc) is 3.48. The lowest BCUT2D eigenvalue weighted by molar-refractivity contribution is 0.0975. The zero-order valence-electron chi connectivity index (χ0n) is 16.2. The normalized spacial score (nSPS) is 27.6. The smallest absolute Gasteiger partial charge is 0.137 e. The van der Waals surface area contributed by atoms with E-state index in [1.54, 1.807) is 6.33 Å². The first kappa shape index (κ1) is 17.2. The molecule has 1 aromatic heterocycles. The van der Waals surface area contributed by atoms with Crippen molar-refractivity contribution in [3.63, 3.8) is 0 Å². The van der Waals surface area contributed by atoms with Gasteiger partial charge < -0.3 is 10.2 Å². The second-order valence-electron chi connectivity index (χ2n) is 8.89. The van der Waals surface area contributed by atoms with E-state index in [2.05, 4.69) is 45.0 Å². The van der Waals surface area contributed by atoms with Crippen LogP contribution in [0.1, 0.15) is 56.9 Å². The Balaban J connectivity index is 1.22. The van der Waals surface area contributed by atoms with Crippen molar-refractivity contribution in [1.82, 2.24) is 14.9 Å². The molecular weight excluding hydrogens is 332 g/mol. The molecule has 2 aromatic rings. The third-order valence-corrected chi connectivity index (χ3v) is 7.26. The number of aromatic nitrogens is 2. The Bertz CT molecular complexity index is 823. The van der Waals surface area contributed by atoms with Gasteiger partial charge >= 0.3 is 0 Å². The number of hydrogen-bond acceptors (Lipinski definition) is 4. The fourth-order valence-corrected chi connectivity index (χ4v) is 5.14. The van der Waals surface area contributed by atoms with Crippen LogP contribution in [0.3, 0.4) is 0 Å². The number of hydrogen-bond donors (Lipinski definition) is 1. The summed E-state index contributed by atoms with van der Waals surface area (Å²) < 4.78 is 0. The maximum atomic E-state index is 4.54. The minimum Gasteiger partial charge on any atom is -0.367 e. The van der Waals surface area contributed by atoms with Gasteiger partial charge in [0.15, 0.2) is 0 Å². The van der Waals surface area contributed by atoms with Crippen molar-refractivity contribution in [3.8, 4) is 0 Å². The first-order chi connectivity index (χ1) is 13.2. The van der Waals surface area contributed by atoms with Gasteiger partial charge in [0.25, 0.3) is 0 Å². The van der Waals surface area contributed by atoms with Crippen LogP contribution < -0.4 is 5.32 Å². The Morgan fingerprint density at radius 1 is 1.04 bits per heavy atom. The summed E-state index contributed by atoms with van der Waals surface area (Å²) in [4.78, 5) is 11.7. The Morgan fingerprint density at radius 3 is 2.52 bits per heavy atom. The molecular formula is C23H30N4. The number of fused-ring (bicyclic) bond motifs is 1. The number of nitrogens with zero attached hydrogens (tertiary/aromatic N) is 3. The third-order valence-electron chi connectivity index (χ3n) is 7.26. The van der Waals surface area contributed by atoms with Crippen molar-refractivity contribution in [2.45, 2.75) is 63.5 Å². The van der Waals surface area contributed by atoms with E-state index < -0.39 is 0 Å². The second kappa shape index (κ2) is 6.90. The number of piperidine rings is 1. The zero-order chi connectivity index (χ0) is 18.3. The van der Waals surface area contributed by atoms with Gasteiger partial charge in [-0.2, -0.15) is 0 Å². The number of likely N-dealkylation sites (tertiary alicyclic amines) is 1. The fraction of sp³-hybridized carbons (Fsp3) is 0.565. The van der Waals surface area contributed by atoms with E-state index in [1.165, 1.54) is 64.5 Å². The first-order valence-corrected chi connectivity index (χ1v) is 10.6. The van der Waals surface area contributed by atoms with Crippen LogP contribution in [0.25, 0.3) is 17.0 Å². The molecule has 4 nitrogen and oxygen atoms in total. The van der Waals surface area contributed by atoms with Crippen LogP contribution in [0.15, 0.2) is 31.1 Å². The van der Waals surface area contributed by atoms with E-state index in [0.29, 0.717) is 6.04 Å². The minimum atomic E-state index is 0.520. The van der Waals surface area contributed by atoms with E-state index in [0.717, 1.165) is 33.7 Å². The molecule has 27 heavy (non-hydrogen) atoms. The van der Waals surface area contributed by atoms with Gasteiger partial charge in [-0.1, -0.05) is 18.7 Å². The zero-order valence-corrected chi connectivity index (χ0v) is 16.2. The molecule has 1 aliphatic heterocycles. The molecule has 1 saturated heterocycles. The summed E-state index contributed by atoms with van der Waals surface area (Å²) >= 11 is 0. The molecule has 142 valence electrons. The first-order valence-electron chi connectivity index (χ1n) is 10.6. The number of anilines is 1. The molecule has 5 rings (SSSR count). The summed E-state index contributed by atoms with van der Waals surface area (Å²) in [5.74, 6) is 0.973. The molecule has 3 fully saturated rings. The summed E-state index contributed by atoms with van der Waals surface area (Å²) in [5, 5.41) is 4.82. The summed E-state index contributed by atoms with van der Waals surface area (Å²) in [5.41, 5.74) is 2.89. The highest BCUT2D eigenvalue weighted by Crippen LogP contribution is 2.54. The SMILES string of the molecule is C=Cc1ccc2ncnc(NC3CCC(N4CCC5(CC4)CC5)CC3)c2c1. The van der Waals surface area contributed by atoms with Gasteiger partial charge in [0.2, 0.25) is 0 Å². The summed E-state index contributed by atoms with van der Waals surface area (Å²) in [6.45, 7) is 6.56. The summed E-state index contributed by atoms with van der Waals surface area (Å²) in [6.07, 6.45) is 14.5. The topological polar surface area (TPSA) is 41.1 Å². The predicted molar refractivity (Wildman–Crippen MR) is 112 cm³/mol. The third kappa shape index (κ3) is 3.47. The Kier molecular flexibility index (Phi) is 4.39. The maximum Gasteiger partial charge on any atom is 0.137 e. The van der Waals surface area contributed by atoms with Crippen molar-refractivity contribution in [2.24, 2.45) is 5.41 Å². The standard InChI is InChI=1S/C23H30N4/c1-2-17-3-8-21-20(15-17)22(25-16-24-21)26-18-4-6-19(7-5-18)27-13-11-23(9-10-23)12-14-27/h2-3,8,15-16,18-19H,1,4-7,9-14H2,(H,24,25,26). The summed E-state index contributed by atoms with van der Waals surface area (Å²) in [7, 11) is 0. The highest BCUT2D eigenvalue weighted by molar-refractivity contribution is 5.90. The molecule has 1 aromatic carbocycles. The Morgan fingerprint density at radius 2 is 1.81 bits per heavy atom. The van der Waals surface area contributed by atoms with E-state index in [4.69, 9.17) is 0 Å². The highest BCUT2D eigenvalue weighted by atomic mass is 15.2. The molecule has 3 aliphatic rings. The molecule has 1 N–H and O–H groups in total. The van der Waals surface area contributed by atoms with Gasteiger partial charge in [0, 0.05) is 17.5 Å². The van der Waals surface area contributed by atoms with Crippen molar-refractivity contribution in [3.05, 3.63) is 36.7 Å². The number of benzene rings is 1. The molecule has 2 aliphatic carbocycles. The van der Waals surface area contributed by atoms with Crippen molar-refractivity contribution >= 4 is 22.8 Å². The maximum absolute atomic E-state index is 4.54. The number of nitrogens with one attached hydrogen (secondary N) is 1. The van der Waals surface area contributed by atoms with Crippen LogP contribution in [0.5, 0.6) is 0 Å². The van der Waals surface area contributed by atoms with Gasteiger partial charge in [-0.25, -0.2) is 9.97 Å². The van der Waals surface area contributed by atoms with Gasteiger partial charge in [-0.3, -0.25) is 0 Å². The van der Waals surface area contributed by atoms with Crippen LogP contribution in [0, 0.1) is 5.41 Å². The molecule has 1 spiro atoms. The van der Waals surface area contributed by atoms with E-state index in [9.17, 15) is 0 Å². The largest absolute Gasteiger partial charge is 0.367 e. The van der Waals surface area contributed by atoms with E-state index in [1.807, 2.05) is 6.08 Å². The monoisotopic (exact) mass is 362 g/mol.